The van der Waals surface area contributed by atoms with Crippen molar-refractivity contribution < 1.29 is 4.42 Å². The number of aromatic nitrogens is 2. The zero-order valence-corrected chi connectivity index (χ0v) is 14.1. The summed E-state index contributed by atoms with van der Waals surface area (Å²) in [6.07, 6.45) is 7.90. The average molecular weight is 314 g/mol. The number of rotatable bonds is 2. The molecule has 4 aliphatic rings. The van der Waals surface area contributed by atoms with E-state index in [0.717, 1.165) is 16.7 Å². The predicted octanol–water partition coefficient (Wildman–Crippen LogP) is 5.05. The van der Waals surface area contributed by atoms with Crippen LogP contribution < -0.4 is 0 Å². The van der Waals surface area contributed by atoms with Crippen molar-refractivity contribution in [3.8, 4) is 10.8 Å². The minimum atomic E-state index is 0.144. The Morgan fingerprint density at radius 3 is 2.50 bits per heavy atom. The van der Waals surface area contributed by atoms with E-state index in [1.54, 1.807) is 11.3 Å². The molecule has 0 radical (unpaired) electrons. The maximum Gasteiger partial charge on any atom is 0.257 e. The van der Waals surface area contributed by atoms with Crippen molar-refractivity contribution in [2.45, 2.75) is 57.8 Å². The summed E-state index contributed by atoms with van der Waals surface area (Å²) in [7, 11) is 0. The van der Waals surface area contributed by atoms with Crippen LogP contribution in [0.5, 0.6) is 0 Å². The summed E-state index contributed by atoms with van der Waals surface area (Å²) < 4.78 is 6.19. The van der Waals surface area contributed by atoms with E-state index < -0.39 is 0 Å². The van der Waals surface area contributed by atoms with Crippen molar-refractivity contribution in [3.63, 3.8) is 0 Å². The Kier molecular flexibility index (Phi) is 2.43. The molecular weight excluding hydrogens is 292 g/mol. The minimum absolute atomic E-state index is 0.144. The van der Waals surface area contributed by atoms with Crippen molar-refractivity contribution in [3.05, 3.63) is 23.4 Å². The van der Waals surface area contributed by atoms with Crippen molar-refractivity contribution in [1.29, 1.82) is 0 Å². The van der Waals surface area contributed by atoms with Gasteiger partial charge >= 0.3 is 0 Å². The molecule has 2 aromatic heterocycles. The summed E-state index contributed by atoms with van der Waals surface area (Å²) in [5.74, 6) is 2.47. The molecule has 0 amide bonds. The summed E-state index contributed by atoms with van der Waals surface area (Å²) in [5, 5.41) is 10.9. The van der Waals surface area contributed by atoms with E-state index in [-0.39, 0.29) is 5.41 Å². The molecule has 4 aliphatic carbocycles. The van der Waals surface area contributed by atoms with Gasteiger partial charge in [-0.15, -0.1) is 21.5 Å². The lowest BCUT2D eigenvalue weighted by molar-refractivity contribution is -0.117. The van der Waals surface area contributed by atoms with Crippen LogP contribution in [0, 0.1) is 16.7 Å². The molecule has 0 aromatic carbocycles. The van der Waals surface area contributed by atoms with E-state index >= 15 is 0 Å². The molecule has 6 rings (SSSR count). The van der Waals surface area contributed by atoms with Crippen LogP contribution in [-0.4, -0.2) is 10.2 Å². The summed E-state index contributed by atoms with van der Waals surface area (Å²) in [4.78, 5) is 1.08. The average Bonchev–Trinajstić information content (AvgIpc) is 3.06. The molecule has 2 heterocycles. The van der Waals surface area contributed by atoms with Crippen LogP contribution in [0.1, 0.15) is 58.3 Å². The molecule has 0 N–H and O–H groups in total. The van der Waals surface area contributed by atoms with Gasteiger partial charge in [0.2, 0.25) is 5.89 Å². The zero-order chi connectivity index (χ0) is 15.0. The van der Waals surface area contributed by atoms with Gasteiger partial charge in [0.25, 0.3) is 5.89 Å². The highest BCUT2D eigenvalue weighted by molar-refractivity contribution is 7.13. The molecule has 4 bridgehead atoms. The van der Waals surface area contributed by atoms with Gasteiger partial charge in [-0.05, 0) is 66.7 Å². The van der Waals surface area contributed by atoms with E-state index in [4.69, 9.17) is 4.42 Å². The van der Waals surface area contributed by atoms with Gasteiger partial charge in [-0.25, -0.2) is 0 Å². The van der Waals surface area contributed by atoms with Crippen molar-refractivity contribution in [1.82, 2.24) is 10.2 Å². The van der Waals surface area contributed by atoms with Crippen LogP contribution in [0.25, 0.3) is 10.8 Å². The molecule has 0 saturated heterocycles. The Bertz CT molecular complexity index is 701. The number of thiophene rings is 1. The first-order chi connectivity index (χ1) is 10.5. The maximum atomic E-state index is 6.19. The van der Waals surface area contributed by atoms with E-state index in [9.17, 15) is 0 Å². The standard InChI is InChI=1S/C18H22N2OS/c1-16-6-12-7-17(2,9-16)11-18(8-12,10-16)15-20-19-14(21-15)13-4-3-5-22-13/h3-5,12H,6-11H2,1-2H3. The van der Waals surface area contributed by atoms with E-state index in [1.807, 2.05) is 6.07 Å². The third-order valence-corrected chi connectivity index (χ3v) is 7.09. The van der Waals surface area contributed by atoms with Gasteiger partial charge in [0.15, 0.2) is 0 Å². The largest absolute Gasteiger partial charge is 0.419 e. The molecule has 2 atom stereocenters. The zero-order valence-electron chi connectivity index (χ0n) is 13.3. The first kappa shape index (κ1) is 13.3. The van der Waals surface area contributed by atoms with Crippen molar-refractivity contribution >= 4 is 11.3 Å². The molecule has 22 heavy (non-hydrogen) atoms. The molecular formula is C18H22N2OS. The van der Waals surface area contributed by atoms with Crippen LogP contribution in [0.15, 0.2) is 21.9 Å². The Balaban J connectivity index is 1.57. The Hall–Kier alpha value is -1.16. The fourth-order valence-corrected chi connectivity index (χ4v) is 7.27. The summed E-state index contributed by atoms with van der Waals surface area (Å²) >= 11 is 1.67. The lowest BCUT2D eigenvalue weighted by atomic mass is 9.40. The van der Waals surface area contributed by atoms with E-state index in [1.165, 1.54) is 38.5 Å². The van der Waals surface area contributed by atoms with Gasteiger partial charge in [-0.1, -0.05) is 19.9 Å². The molecule has 2 unspecified atom stereocenters. The number of nitrogens with zero attached hydrogens (tertiary/aromatic N) is 2. The van der Waals surface area contributed by atoms with Crippen molar-refractivity contribution in [2.75, 3.05) is 0 Å². The minimum Gasteiger partial charge on any atom is -0.419 e. The van der Waals surface area contributed by atoms with Crippen LogP contribution in [0.2, 0.25) is 0 Å². The quantitative estimate of drug-likeness (QED) is 0.779. The van der Waals surface area contributed by atoms with Gasteiger partial charge in [0.1, 0.15) is 0 Å². The summed E-state index contributed by atoms with van der Waals surface area (Å²) in [6.45, 7) is 4.97. The molecule has 3 nitrogen and oxygen atoms in total. The van der Waals surface area contributed by atoms with Crippen molar-refractivity contribution in [2.24, 2.45) is 16.7 Å². The third-order valence-electron chi connectivity index (χ3n) is 6.24. The lowest BCUT2D eigenvalue weighted by Gasteiger charge is -2.64. The van der Waals surface area contributed by atoms with Gasteiger partial charge in [0, 0.05) is 5.41 Å². The predicted molar refractivity (Wildman–Crippen MR) is 86.7 cm³/mol. The smallest absolute Gasteiger partial charge is 0.257 e. The van der Waals surface area contributed by atoms with Crippen LogP contribution in [0.3, 0.4) is 0 Å². The fraction of sp³-hybridized carbons (Fsp3) is 0.667. The SMILES string of the molecule is CC12CC3CC(C)(C1)CC(c1nnc(-c4cccs4)o1)(C3)C2. The summed E-state index contributed by atoms with van der Waals surface area (Å²) in [6, 6.07) is 4.10. The molecule has 0 spiro atoms. The van der Waals surface area contributed by atoms with Crippen LogP contribution in [0.4, 0.5) is 0 Å². The second kappa shape index (κ2) is 4.02. The Labute approximate surface area is 135 Å². The topological polar surface area (TPSA) is 38.9 Å². The maximum absolute atomic E-state index is 6.19. The van der Waals surface area contributed by atoms with Gasteiger partial charge in [-0.2, -0.15) is 0 Å². The molecule has 2 aromatic rings. The number of hydrogen-bond donors (Lipinski definition) is 0. The van der Waals surface area contributed by atoms with E-state index in [0.29, 0.717) is 16.7 Å². The molecule has 4 heteroatoms. The molecule has 116 valence electrons. The third kappa shape index (κ3) is 1.79. The van der Waals surface area contributed by atoms with Crippen LogP contribution >= 0.6 is 11.3 Å². The molecule has 0 aliphatic heterocycles. The van der Waals surface area contributed by atoms with Gasteiger partial charge < -0.3 is 4.42 Å². The second-order valence-electron chi connectivity index (χ2n) is 8.80. The van der Waals surface area contributed by atoms with Gasteiger partial charge in [-0.3, -0.25) is 0 Å². The first-order valence-corrected chi connectivity index (χ1v) is 9.24. The monoisotopic (exact) mass is 314 g/mol. The fourth-order valence-electron chi connectivity index (χ4n) is 6.62. The number of hydrogen-bond acceptors (Lipinski definition) is 4. The highest BCUT2D eigenvalue weighted by atomic mass is 32.1. The Morgan fingerprint density at radius 2 is 1.86 bits per heavy atom. The van der Waals surface area contributed by atoms with E-state index in [2.05, 4.69) is 35.5 Å². The highest BCUT2D eigenvalue weighted by Gasteiger charge is 2.62. The van der Waals surface area contributed by atoms with Crippen LogP contribution in [-0.2, 0) is 5.41 Å². The van der Waals surface area contributed by atoms with Gasteiger partial charge in [0.05, 0.1) is 4.88 Å². The Morgan fingerprint density at radius 1 is 1.09 bits per heavy atom. The highest BCUT2D eigenvalue weighted by Crippen LogP contribution is 2.69. The second-order valence-corrected chi connectivity index (χ2v) is 9.75. The first-order valence-electron chi connectivity index (χ1n) is 8.36. The molecule has 4 saturated carbocycles. The summed E-state index contributed by atoms with van der Waals surface area (Å²) in [5.41, 5.74) is 1.10. The lowest BCUT2D eigenvalue weighted by Crippen LogP contribution is -2.57. The molecule has 4 fully saturated rings. The normalized spacial score (nSPS) is 42.9.